The summed E-state index contributed by atoms with van der Waals surface area (Å²) in [6.45, 7) is 3.93. The van der Waals surface area contributed by atoms with Gasteiger partial charge in [-0.25, -0.2) is 4.39 Å². The highest BCUT2D eigenvalue weighted by Gasteiger charge is 2.13. The lowest BCUT2D eigenvalue weighted by atomic mass is 10.1. The van der Waals surface area contributed by atoms with Crippen molar-refractivity contribution in [3.63, 3.8) is 0 Å². The number of nitrogens with one attached hydrogen (secondary N) is 1. The molecule has 0 saturated carbocycles. The van der Waals surface area contributed by atoms with E-state index in [0.29, 0.717) is 5.56 Å². The van der Waals surface area contributed by atoms with Gasteiger partial charge in [-0.3, -0.25) is 4.79 Å². The van der Waals surface area contributed by atoms with Gasteiger partial charge in [0.05, 0.1) is 11.7 Å². The molecule has 3 nitrogen and oxygen atoms in total. The lowest BCUT2D eigenvalue weighted by Gasteiger charge is -2.12. The fourth-order valence-electron chi connectivity index (χ4n) is 1.72. The second kappa shape index (κ2) is 5.40. The highest BCUT2D eigenvalue weighted by Crippen LogP contribution is 2.22. The molecule has 3 N–H and O–H groups in total. The number of rotatable bonds is 3. The van der Waals surface area contributed by atoms with Gasteiger partial charge in [-0.1, -0.05) is 0 Å². The first-order valence-electron chi connectivity index (χ1n) is 5.89. The van der Waals surface area contributed by atoms with Crippen LogP contribution in [-0.4, -0.2) is 5.91 Å². The first kappa shape index (κ1) is 13.5. The molecule has 5 heteroatoms. The van der Waals surface area contributed by atoms with Gasteiger partial charge in [0.15, 0.2) is 0 Å². The van der Waals surface area contributed by atoms with Crippen molar-refractivity contribution < 1.29 is 9.18 Å². The minimum atomic E-state index is -0.515. The number of nitrogen functional groups attached to an aromatic ring is 1. The van der Waals surface area contributed by atoms with E-state index in [1.54, 1.807) is 11.3 Å². The molecular formula is C14H15FN2OS. The molecule has 1 aromatic heterocycles. The van der Waals surface area contributed by atoms with Crippen molar-refractivity contribution >= 4 is 22.9 Å². The smallest absolute Gasteiger partial charge is 0.251 e. The maximum atomic E-state index is 13.0. The van der Waals surface area contributed by atoms with Crippen molar-refractivity contribution in [3.8, 4) is 0 Å². The van der Waals surface area contributed by atoms with Crippen LogP contribution >= 0.6 is 11.3 Å². The van der Waals surface area contributed by atoms with Crippen molar-refractivity contribution in [1.29, 1.82) is 0 Å². The van der Waals surface area contributed by atoms with Gasteiger partial charge in [0.2, 0.25) is 0 Å². The number of amides is 1. The van der Waals surface area contributed by atoms with Crippen molar-refractivity contribution in [3.05, 3.63) is 51.5 Å². The summed E-state index contributed by atoms with van der Waals surface area (Å²) in [4.78, 5) is 14.3. The number of aryl methyl sites for hydroxylation is 1. The quantitative estimate of drug-likeness (QED) is 0.847. The number of halogens is 1. The van der Waals surface area contributed by atoms with Crippen LogP contribution in [0.15, 0.2) is 30.3 Å². The van der Waals surface area contributed by atoms with Crippen molar-refractivity contribution in [1.82, 2.24) is 5.32 Å². The second-order valence-electron chi connectivity index (χ2n) is 4.38. The molecule has 0 spiro atoms. The summed E-state index contributed by atoms with van der Waals surface area (Å²) in [5, 5.41) is 2.87. The molecule has 0 aliphatic carbocycles. The summed E-state index contributed by atoms with van der Waals surface area (Å²) < 4.78 is 13.0. The normalized spacial score (nSPS) is 12.2. The molecule has 1 unspecified atom stereocenters. The van der Waals surface area contributed by atoms with Gasteiger partial charge in [-0.05, 0) is 44.2 Å². The summed E-state index contributed by atoms with van der Waals surface area (Å²) in [6, 6.07) is 7.88. The van der Waals surface area contributed by atoms with Gasteiger partial charge in [0.1, 0.15) is 5.82 Å². The van der Waals surface area contributed by atoms with Crippen LogP contribution < -0.4 is 11.1 Å². The zero-order chi connectivity index (χ0) is 14.0. The van der Waals surface area contributed by atoms with E-state index in [-0.39, 0.29) is 17.6 Å². The first-order valence-corrected chi connectivity index (χ1v) is 6.71. The third-order valence-corrected chi connectivity index (χ3v) is 3.98. The van der Waals surface area contributed by atoms with Crippen molar-refractivity contribution in [2.24, 2.45) is 0 Å². The Morgan fingerprint density at radius 3 is 2.68 bits per heavy atom. The van der Waals surface area contributed by atoms with Crippen molar-refractivity contribution in [2.75, 3.05) is 5.73 Å². The zero-order valence-electron chi connectivity index (χ0n) is 10.7. The minimum Gasteiger partial charge on any atom is -0.396 e. The Kier molecular flexibility index (Phi) is 3.85. The molecule has 0 radical (unpaired) electrons. The van der Waals surface area contributed by atoms with Crippen molar-refractivity contribution in [2.45, 2.75) is 19.9 Å². The van der Waals surface area contributed by atoms with Crippen LogP contribution in [0.3, 0.4) is 0 Å². The number of anilines is 1. The molecule has 100 valence electrons. The zero-order valence-corrected chi connectivity index (χ0v) is 11.6. The summed E-state index contributed by atoms with van der Waals surface area (Å²) >= 11 is 1.64. The SMILES string of the molecule is Cc1ccc(C(C)NC(=O)c2ccc(F)c(N)c2)s1. The van der Waals surface area contributed by atoms with Gasteiger partial charge in [0.25, 0.3) is 5.91 Å². The summed E-state index contributed by atoms with van der Waals surface area (Å²) in [6.07, 6.45) is 0. The van der Waals surface area contributed by atoms with E-state index in [0.717, 1.165) is 4.88 Å². The van der Waals surface area contributed by atoms with Gasteiger partial charge in [0, 0.05) is 15.3 Å². The van der Waals surface area contributed by atoms with E-state index in [1.807, 2.05) is 26.0 Å². The average molecular weight is 278 g/mol. The first-order chi connectivity index (χ1) is 8.97. The predicted octanol–water partition coefficient (Wildman–Crippen LogP) is 3.27. The monoisotopic (exact) mass is 278 g/mol. The van der Waals surface area contributed by atoms with Gasteiger partial charge < -0.3 is 11.1 Å². The summed E-state index contributed by atoms with van der Waals surface area (Å²) in [7, 11) is 0. The number of carbonyl (C=O) groups is 1. The molecule has 1 amide bonds. The van der Waals surface area contributed by atoms with Crippen LogP contribution in [0, 0.1) is 12.7 Å². The Morgan fingerprint density at radius 1 is 1.37 bits per heavy atom. The van der Waals surface area contributed by atoms with E-state index >= 15 is 0 Å². The summed E-state index contributed by atoms with van der Waals surface area (Å²) in [5.74, 6) is -0.774. The molecule has 0 bridgehead atoms. The van der Waals surface area contributed by atoms with Crippen LogP contribution in [0.4, 0.5) is 10.1 Å². The number of nitrogens with two attached hydrogens (primary N) is 1. The van der Waals surface area contributed by atoms with Crippen LogP contribution in [-0.2, 0) is 0 Å². The molecule has 1 atom stereocenters. The van der Waals surface area contributed by atoms with Gasteiger partial charge >= 0.3 is 0 Å². The third kappa shape index (κ3) is 3.12. The number of carbonyl (C=O) groups excluding carboxylic acids is 1. The van der Waals surface area contributed by atoms with E-state index in [2.05, 4.69) is 5.32 Å². The maximum absolute atomic E-state index is 13.0. The third-order valence-electron chi connectivity index (χ3n) is 2.79. The molecule has 0 fully saturated rings. The molecule has 2 rings (SSSR count). The Labute approximate surface area is 115 Å². The Bertz CT molecular complexity index is 609. The van der Waals surface area contributed by atoms with E-state index in [4.69, 9.17) is 5.73 Å². The van der Waals surface area contributed by atoms with Crippen LogP contribution in [0.2, 0.25) is 0 Å². The Balaban J connectivity index is 2.10. The lowest BCUT2D eigenvalue weighted by Crippen LogP contribution is -2.26. The number of benzene rings is 1. The van der Waals surface area contributed by atoms with E-state index in [9.17, 15) is 9.18 Å². The number of hydrogen-bond acceptors (Lipinski definition) is 3. The molecule has 2 aromatic rings. The summed E-state index contributed by atoms with van der Waals surface area (Å²) in [5.41, 5.74) is 5.79. The molecule has 0 saturated heterocycles. The largest absolute Gasteiger partial charge is 0.396 e. The van der Waals surface area contributed by atoms with Crippen LogP contribution in [0.25, 0.3) is 0 Å². The molecule has 0 aliphatic rings. The number of hydrogen-bond donors (Lipinski definition) is 2. The van der Waals surface area contributed by atoms with Crippen LogP contribution in [0.1, 0.15) is 33.1 Å². The lowest BCUT2D eigenvalue weighted by molar-refractivity contribution is 0.0940. The maximum Gasteiger partial charge on any atom is 0.251 e. The van der Waals surface area contributed by atoms with Gasteiger partial charge in [-0.15, -0.1) is 11.3 Å². The topological polar surface area (TPSA) is 55.1 Å². The molecule has 1 heterocycles. The second-order valence-corrected chi connectivity index (χ2v) is 5.70. The predicted molar refractivity (Wildman–Crippen MR) is 75.7 cm³/mol. The molecular weight excluding hydrogens is 263 g/mol. The average Bonchev–Trinajstić information content (AvgIpc) is 2.79. The van der Waals surface area contributed by atoms with E-state index < -0.39 is 5.82 Å². The highest BCUT2D eigenvalue weighted by atomic mass is 32.1. The van der Waals surface area contributed by atoms with Crippen LogP contribution in [0.5, 0.6) is 0 Å². The van der Waals surface area contributed by atoms with Gasteiger partial charge in [-0.2, -0.15) is 0 Å². The highest BCUT2D eigenvalue weighted by molar-refractivity contribution is 7.12. The molecule has 0 aliphatic heterocycles. The fraction of sp³-hybridized carbons (Fsp3) is 0.214. The van der Waals surface area contributed by atoms with E-state index in [1.165, 1.54) is 23.1 Å². The fourth-order valence-corrected chi connectivity index (χ4v) is 2.60. The Hall–Kier alpha value is -1.88. The minimum absolute atomic E-state index is 0.0210. The molecule has 1 aromatic carbocycles. The standard InChI is InChI=1S/C14H15FN2OS/c1-8-3-6-13(19-8)9(2)17-14(18)10-4-5-11(15)12(16)7-10/h3-7,9H,16H2,1-2H3,(H,17,18). The Morgan fingerprint density at radius 2 is 2.11 bits per heavy atom. The molecule has 19 heavy (non-hydrogen) atoms. The number of thiophene rings is 1.